The molecule has 1 N–H and O–H groups in total. The van der Waals surface area contributed by atoms with Crippen LogP contribution in [0.5, 0.6) is 0 Å². The summed E-state index contributed by atoms with van der Waals surface area (Å²) < 4.78 is 70.4. The van der Waals surface area contributed by atoms with Gasteiger partial charge in [-0.25, -0.2) is 26.3 Å². The van der Waals surface area contributed by atoms with E-state index >= 15 is 4.39 Å². The number of rotatable bonds is 6. The zero-order chi connectivity index (χ0) is 23.0. The van der Waals surface area contributed by atoms with Crippen molar-refractivity contribution in [3.63, 3.8) is 0 Å². The van der Waals surface area contributed by atoms with Crippen LogP contribution < -0.4 is 4.72 Å². The highest BCUT2D eigenvalue weighted by atomic mass is 32.2. The van der Waals surface area contributed by atoms with Gasteiger partial charge in [-0.05, 0) is 17.5 Å². The van der Waals surface area contributed by atoms with E-state index in [1.165, 1.54) is 6.07 Å². The van der Waals surface area contributed by atoms with Gasteiger partial charge in [0.05, 0.1) is 18.8 Å². The Hall–Kier alpha value is -2.39. The number of nitrogens with zero attached hydrogens (tertiary/aromatic N) is 1. The Balaban J connectivity index is 2.03. The van der Waals surface area contributed by atoms with Crippen LogP contribution in [0.3, 0.4) is 0 Å². The summed E-state index contributed by atoms with van der Waals surface area (Å²) in [6, 6.07) is 10.3. The van der Waals surface area contributed by atoms with Crippen molar-refractivity contribution in [3.8, 4) is 11.1 Å². The third-order valence-electron chi connectivity index (χ3n) is 5.33. The fraction of sp³-hybridized carbons (Fsp3) is 0.409. The van der Waals surface area contributed by atoms with Crippen LogP contribution >= 0.6 is 0 Å². The fourth-order valence-electron chi connectivity index (χ4n) is 3.90. The third kappa shape index (κ3) is 5.10. The lowest BCUT2D eigenvalue weighted by atomic mass is 9.95. The van der Waals surface area contributed by atoms with E-state index in [0.717, 1.165) is 11.2 Å². The predicted molar refractivity (Wildman–Crippen MR) is 113 cm³/mol. The van der Waals surface area contributed by atoms with Gasteiger partial charge in [-0.3, -0.25) is 4.79 Å². The molecule has 3 rings (SSSR count). The SMILES string of the molecule is CC(C)C(=O)N1CC(F)(F)[C@H](NS(C)(=O)=O)[C@@H]1Cc1cccc(-c2ccccc2)c1F. The third-order valence-corrected chi connectivity index (χ3v) is 6.01. The van der Waals surface area contributed by atoms with Crippen molar-refractivity contribution in [1.82, 2.24) is 9.62 Å². The number of hydrogen-bond donors (Lipinski definition) is 1. The molecular weight excluding hydrogens is 429 g/mol. The second kappa shape index (κ2) is 8.63. The van der Waals surface area contributed by atoms with Gasteiger partial charge >= 0.3 is 0 Å². The summed E-state index contributed by atoms with van der Waals surface area (Å²) in [6.45, 7) is 2.22. The molecule has 0 aromatic heterocycles. The number of hydrogen-bond acceptors (Lipinski definition) is 3. The lowest BCUT2D eigenvalue weighted by Crippen LogP contribution is -2.52. The maximum Gasteiger partial charge on any atom is 0.283 e. The predicted octanol–water partition coefficient (Wildman–Crippen LogP) is 3.46. The van der Waals surface area contributed by atoms with E-state index in [1.54, 1.807) is 56.3 Å². The summed E-state index contributed by atoms with van der Waals surface area (Å²) in [7, 11) is -4.00. The second-order valence-corrected chi connectivity index (χ2v) is 9.95. The van der Waals surface area contributed by atoms with E-state index in [-0.39, 0.29) is 12.0 Å². The standard InChI is InChI=1S/C22H25F3N2O3S/c1-14(2)21(28)27-13-22(24,25)20(26-31(3,29)30)18(27)12-16-10-7-11-17(19(16)23)15-8-5-4-6-9-15/h4-11,14,18,20,26H,12-13H2,1-3H3/t18-,20+/m0/s1. The van der Waals surface area contributed by atoms with Crippen LogP contribution in [-0.2, 0) is 21.2 Å². The van der Waals surface area contributed by atoms with Crippen LogP contribution in [0.4, 0.5) is 13.2 Å². The molecule has 5 nitrogen and oxygen atoms in total. The maximum atomic E-state index is 15.3. The van der Waals surface area contributed by atoms with Gasteiger partial charge in [0.25, 0.3) is 5.92 Å². The summed E-state index contributed by atoms with van der Waals surface area (Å²) in [6.07, 6.45) is 0.525. The zero-order valence-corrected chi connectivity index (χ0v) is 18.3. The van der Waals surface area contributed by atoms with E-state index in [9.17, 15) is 22.0 Å². The molecule has 0 unspecified atom stereocenters. The number of alkyl halides is 2. The van der Waals surface area contributed by atoms with Gasteiger partial charge in [-0.1, -0.05) is 62.4 Å². The number of nitrogens with one attached hydrogen (secondary N) is 1. The Labute approximate surface area is 180 Å². The summed E-state index contributed by atoms with van der Waals surface area (Å²) in [5.74, 6) is -5.19. The van der Waals surface area contributed by atoms with Gasteiger partial charge in [0, 0.05) is 11.5 Å². The maximum absolute atomic E-state index is 15.3. The molecule has 1 amide bonds. The van der Waals surface area contributed by atoms with Crippen LogP contribution in [0.2, 0.25) is 0 Å². The molecule has 0 spiro atoms. The molecule has 31 heavy (non-hydrogen) atoms. The van der Waals surface area contributed by atoms with E-state index < -0.39 is 52.2 Å². The first-order chi connectivity index (χ1) is 14.4. The Bertz CT molecular complexity index is 1060. The molecule has 1 aliphatic rings. The molecule has 0 saturated carbocycles. The minimum Gasteiger partial charge on any atom is -0.331 e. The van der Waals surface area contributed by atoms with Crippen molar-refractivity contribution in [2.45, 2.75) is 38.3 Å². The van der Waals surface area contributed by atoms with Crippen molar-refractivity contribution >= 4 is 15.9 Å². The fourth-order valence-corrected chi connectivity index (χ4v) is 4.69. The molecule has 0 aliphatic carbocycles. The molecule has 9 heteroatoms. The zero-order valence-electron chi connectivity index (χ0n) is 17.5. The number of carbonyl (C=O) groups is 1. The van der Waals surface area contributed by atoms with Gasteiger partial charge in [-0.15, -0.1) is 0 Å². The number of likely N-dealkylation sites (tertiary alicyclic amines) is 1. The first kappa shape index (κ1) is 23.3. The highest BCUT2D eigenvalue weighted by Gasteiger charge is 2.57. The number of halogens is 3. The number of amides is 1. The topological polar surface area (TPSA) is 66.5 Å². The lowest BCUT2D eigenvalue weighted by molar-refractivity contribution is -0.136. The number of sulfonamides is 1. The smallest absolute Gasteiger partial charge is 0.283 e. The van der Waals surface area contributed by atoms with Crippen LogP contribution in [0.1, 0.15) is 19.4 Å². The van der Waals surface area contributed by atoms with Crippen molar-refractivity contribution in [2.75, 3.05) is 12.8 Å². The minimum absolute atomic E-state index is 0.130. The molecule has 0 radical (unpaired) electrons. The average Bonchev–Trinajstić information content (AvgIpc) is 2.92. The Morgan fingerprint density at radius 1 is 1.16 bits per heavy atom. The molecule has 2 aromatic rings. The summed E-state index contributed by atoms with van der Waals surface area (Å²) >= 11 is 0. The Morgan fingerprint density at radius 2 is 1.81 bits per heavy atom. The molecule has 168 valence electrons. The van der Waals surface area contributed by atoms with Gasteiger partial charge in [0.1, 0.15) is 11.9 Å². The lowest BCUT2D eigenvalue weighted by Gasteiger charge is -2.29. The molecule has 1 heterocycles. The van der Waals surface area contributed by atoms with Crippen molar-refractivity contribution in [1.29, 1.82) is 0 Å². The van der Waals surface area contributed by atoms with Gasteiger partial charge in [-0.2, -0.15) is 0 Å². The van der Waals surface area contributed by atoms with Crippen molar-refractivity contribution < 1.29 is 26.4 Å². The second-order valence-electron chi connectivity index (χ2n) is 8.17. The molecular formula is C22H25F3N2O3S. The first-order valence-corrected chi connectivity index (χ1v) is 11.8. The summed E-state index contributed by atoms with van der Waals surface area (Å²) in [5, 5.41) is 0. The Kier molecular flexibility index (Phi) is 6.48. The van der Waals surface area contributed by atoms with Gasteiger partial charge in [0.2, 0.25) is 15.9 Å². The molecule has 1 fully saturated rings. The first-order valence-electron chi connectivity index (χ1n) is 9.89. The van der Waals surface area contributed by atoms with Crippen LogP contribution in [0.15, 0.2) is 48.5 Å². The quantitative estimate of drug-likeness (QED) is 0.727. The molecule has 2 aromatic carbocycles. The minimum atomic E-state index is -4.00. The molecule has 0 bridgehead atoms. The van der Waals surface area contributed by atoms with E-state index in [0.29, 0.717) is 11.1 Å². The monoisotopic (exact) mass is 454 g/mol. The number of carbonyl (C=O) groups excluding carboxylic acids is 1. The number of benzene rings is 2. The highest BCUT2D eigenvalue weighted by molar-refractivity contribution is 7.88. The normalized spacial score (nSPS) is 20.9. The van der Waals surface area contributed by atoms with Crippen molar-refractivity contribution in [3.05, 3.63) is 59.9 Å². The highest BCUT2D eigenvalue weighted by Crippen LogP contribution is 2.36. The van der Waals surface area contributed by atoms with Crippen LogP contribution in [0, 0.1) is 11.7 Å². The summed E-state index contributed by atoms with van der Waals surface area (Å²) in [4.78, 5) is 13.6. The molecule has 2 atom stereocenters. The largest absolute Gasteiger partial charge is 0.331 e. The van der Waals surface area contributed by atoms with Gasteiger partial charge < -0.3 is 4.90 Å². The summed E-state index contributed by atoms with van der Waals surface area (Å²) in [5.41, 5.74) is 1.06. The molecule has 1 saturated heterocycles. The van der Waals surface area contributed by atoms with E-state index in [1.807, 2.05) is 4.72 Å². The van der Waals surface area contributed by atoms with Crippen LogP contribution in [-0.4, -0.2) is 50.0 Å². The van der Waals surface area contributed by atoms with Crippen LogP contribution in [0.25, 0.3) is 11.1 Å². The molecule has 1 aliphatic heterocycles. The van der Waals surface area contributed by atoms with Crippen molar-refractivity contribution in [2.24, 2.45) is 5.92 Å². The Morgan fingerprint density at radius 3 is 2.39 bits per heavy atom. The van der Waals surface area contributed by atoms with E-state index in [2.05, 4.69) is 0 Å². The van der Waals surface area contributed by atoms with E-state index in [4.69, 9.17) is 0 Å². The average molecular weight is 455 g/mol. The van der Waals surface area contributed by atoms with Gasteiger partial charge in [0.15, 0.2) is 0 Å².